The van der Waals surface area contributed by atoms with Gasteiger partial charge in [-0.15, -0.1) is 0 Å². The van der Waals surface area contributed by atoms with E-state index in [0.29, 0.717) is 22.9 Å². The van der Waals surface area contributed by atoms with E-state index in [4.69, 9.17) is 11.6 Å². The minimum atomic E-state index is -0.470. The number of rotatable bonds is 3. The van der Waals surface area contributed by atoms with Gasteiger partial charge < -0.3 is 5.11 Å². The van der Waals surface area contributed by atoms with Crippen molar-refractivity contribution in [1.82, 2.24) is 0 Å². The third-order valence-corrected chi connectivity index (χ3v) is 5.95. The van der Waals surface area contributed by atoms with Crippen LogP contribution in [-0.2, 0) is 6.42 Å². The topological polar surface area (TPSA) is 20.2 Å². The molecule has 1 aromatic rings. The predicted octanol–water partition coefficient (Wildman–Crippen LogP) is 4.99. The van der Waals surface area contributed by atoms with Crippen LogP contribution in [0.2, 0.25) is 5.02 Å². The number of fused-ring (bicyclic) bond motifs is 1. The molecule has 0 spiro atoms. The molecule has 3 rings (SSSR count). The molecule has 2 fully saturated rings. The van der Waals surface area contributed by atoms with Gasteiger partial charge in [-0.2, -0.15) is 0 Å². The van der Waals surface area contributed by atoms with Crippen LogP contribution >= 0.6 is 11.6 Å². The quantitative estimate of drug-likeness (QED) is 0.834. The number of hydrogen-bond donors (Lipinski definition) is 1. The Morgan fingerprint density at radius 2 is 1.90 bits per heavy atom. The largest absolute Gasteiger partial charge is 0.392 e. The molecule has 0 heterocycles. The monoisotopic (exact) mass is 310 g/mol. The fourth-order valence-corrected chi connectivity index (χ4v) is 4.60. The van der Waals surface area contributed by atoms with E-state index < -0.39 is 6.10 Å². The maximum absolute atomic E-state index is 13.9. The van der Waals surface area contributed by atoms with Gasteiger partial charge in [0.15, 0.2) is 0 Å². The van der Waals surface area contributed by atoms with Gasteiger partial charge in [0.05, 0.1) is 6.10 Å². The zero-order valence-electron chi connectivity index (χ0n) is 12.4. The molecule has 0 bridgehead atoms. The number of halogens is 2. The molecular formula is C18H24ClFO. The highest BCUT2D eigenvalue weighted by Gasteiger charge is 2.35. The van der Waals surface area contributed by atoms with Crippen LogP contribution in [0.25, 0.3) is 0 Å². The molecular weight excluding hydrogens is 287 g/mol. The maximum atomic E-state index is 13.9. The van der Waals surface area contributed by atoms with Crippen molar-refractivity contribution >= 4 is 11.6 Å². The summed E-state index contributed by atoms with van der Waals surface area (Å²) in [6.07, 6.45) is 8.68. The smallest absolute Gasteiger partial charge is 0.127 e. The van der Waals surface area contributed by atoms with Crippen LogP contribution in [-0.4, -0.2) is 11.2 Å². The lowest BCUT2D eigenvalue weighted by atomic mass is 9.66. The van der Waals surface area contributed by atoms with Crippen LogP contribution in [0, 0.1) is 23.6 Å². The highest BCUT2D eigenvalue weighted by atomic mass is 35.5. The SMILES string of the molecule is OC(Cc1c(F)cccc1Cl)C1CCC2CCCCC2C1. The van der Waals surface area contributed by atoms with E-state index in [0.717, 1.165) is 24.7 Å². The first-order valence-corrected chi connectivity index (χ1v) is 8.64. The van der Waals surface area contributed by atoms with Gasteiger partial charge >= 0.3 is 0 Å². The standard InChI is InChI=1S/C18H24ClFO/c19-16-6-3-7-17(20)15(16)11-18(21)14-9-8-12-4-1-2-5-13(12)10-14/h3,6-7,12-14,18,21H,1-2,4-5,8-11H2. The zero-order valence-corrected chi connectivity index (χ0v) is 13.2. The molecule has 3 heteroatoms. The van der Waals surface area contributed by atoms with Crippen LogP contribution in [0.4, 0.5) is 4.39 Å². The zero-order chi connectivity index (χ0) is 14.8. The summed E-state index contributed by atoms with van der Waals surface area (Å²) in [4.78, 5) is 0. The van der Waals surface area contributed by atoms with Gasteiger partial charge in [0, 0.05) is 17.0 Å². The Morgan fingerprint density at radius 3 is 2.67 bits per heavy atom. The van der Waals surface area contributed by atoms with Crippen LogP contribution < -0.4 is 0 Å². The molecule has 0 saturated heterocycles. The van der Waals surface area contributed by atoms with Crippen molar-refractivity contribution in [3.63, 3.8) is 0 Å². The van der Waals surface area contributed by atoms with E-state index >= 15 is 0 Å². The second-order valence-electron chi connectivity index (χ2n) is 6.85. The van der Waals surface area contributed by atoms with E-state index in [2.05, 4.69) is 0 Å². The van der Waals surface area contributed by atoms with Gasteiger partial charge in [-0.3, -0.25) is 0 Å². The van der Waals surface area contributed by atoms with Gasteiger partial charge in [-0.05, 0) is 49.1 Å². The highest BCUT2D eigenvalue weighted by molar-refractivity contribution is 6.31. The lowest BCUT2D eigenvalue weighted by Crippen LogP contribution is -2.34. The lowest BCUT2D eigenvalue weighted by Gasteiger charge is -2.40. The first kappa shape index (κ1) is 15.3. The summed E-state index contributed by atoms with van der Waals surface area (Å²) in [6, 6.07) is 4.73. The Labute approximate surface area is 131 Å². The molecule has 21 heavy (non-hydrogen) atoms. The molecule has 4 unspecified atom stereocenters. The average Bonchev–Trinajstić information content (AvgIpc) is 2.50. The average molecular weight is 311 g/mol. The predicted molar refractivity (Wildman–Crippen MR) is 83.9 cm³/mol. The Morgan fingerprint density at radius 1 is 1.14 bits per heavy atom. The van der Waals surface area contributed by atoms with Crippen molar-refractivity contribution in [2.75, 3.05) is 0 Å². The number of aliphatic hydroxyl groups is 1. The van der Waals surface area contributed by atoms with Crippen molar-refractivity contribution in [2.45, 2.75) is 57.5 Å². The van der Waals surface area contributed by atoms with Crippen molar-refractivity contribution in [1.29, 1.82) is 0 Å². The lowest BCUT2D eigenvalue weighted by molar-refractivity contribution is 0.0357. The number of benzene rings is 1. The van der Waals surface area contributed by atoms with Crippen molar-refractivity contribution in [2.24, 2.45) is 17.8 Å². The fourth-order valence-electron chi connectivity index (χ4n) is 4.36. The molecule has 2 aliphatic carbocycles. The highest BCUT2D eigenvalue weighted by Crippen LogP contribution is 2.44. The molecule has 1 aromatic carbocycles. The van der Waals surface area contributed by atoms with Gasteiger partial charge in [-0.25, -0.2) is 4.39 Å². The van der Waals surface area contributed by atoms with Crippen LogP contribution in [0.3, 0.4) is 0 Å². The summed E-state index contributed by atoms with van der Waals surface area (Å²) >= 11 is 6.07. The third kappa shape index (κ3) is 3.43. The second kappa shape index (κ2) is 6.66. The van der Waals surface area contributed by atoms with Gasteiger partial charge in [0.2, 0.25) is 0 Å². The van der Waals surface area contributed by atoms with Gasteiger partial charge in [0.25, 0.3) is 0 Å². The Bertz CT molecular complexity index is 470. The number of hydrogen-bond acceptors (Lipinski definition) is 1. The molecule has 0 aliphatic heterocycles. The summed E-state index contributed by atoms with van der Waals surface area (Å²) < 4.78 is 13.9. The molecule has 2 aliphatic rings. The molecule has 0 amide bonds. The summed E-state index contributed by atoms with van der Waals surface area (Å²) in [5.74, 6) is 1.66. The molecule has 116 valence electrons. The molecule has 0 aromatic heterocycles. The van der Waals surface area contributed by atoms with E-state index in [1.165, 1.54) is 38.2 Å². The minimum absolute atomic E-state index is 0.298. The summed E-state index contributed by atoms with van der Waals surface area (Å²) in [7, 11) is 0. The normalized spacial score (nSPS) is 30.7. The first-order valence-electron chi connectivity index (χ1n) is 8.26. The van der Waals surface area contributed by atoms with Crippen LogP contribution in [0.5, 0.6) is 0 Å². The molecule has 4 atom stereocenters. The van der Waals surface area contributed by atoms with E-state index in [9.17, 15) is 9.50 Å². The molecule has 1 N–H and O–H groups in total. The molecule has 2 saturated carbocycles. The molecule has 1 nitrogen and oxygen atoms in total. The number of aliphatic hydroxyl groups excluding tert-OH is 1. The summed E-state index contributed by atoms with van der Waals surface area (Å²) in [5.41, 5.74) is 0.470. The fraction of sp³-hybridized carbons (Fsp3) is 0.667. The molecule has 0 radical (unpaired) electrons. The minimum Gasteiger partial charge on any atom is -0.392 e. The third-order valence-electron chi connectivity index (χ3n) is 5.60. The Balaban J connectivity index is 1.64. The second-order valence-corrected chi connectivity index (χ2v) is 7.26. The first-order chi connectivity index (χ1) is 10.1. The van der Waals surface area contributed by atoms with Crippen molar-refractivity contribution in [3.05, 3.63) is 34.6 Å². The Hall–Kier alpha value is -0.600. The van der Waals surface area contributed by atoms with Crippen molar-refractivity contribution in [3.8, 4) is 0 Å². The van der Waals surface area contributed by atoms with Crippen LogP contribution in [0.15, 0.2) is 18.2 Å². The van der Waals surface area contributed by atoms with Crippen molar-refractivity contribution < 1.29 is 9.50 Å². The van der Waals surface area contributed by atoms with E-state index in [1.807, 2.05) is 0 Å². The summed E-state index contributed by atoms with van der Waals surface area (Å²) in [5, 5.41) is 11.0. The Kier molecular flexibility index (Phi) is 4.85. The van der Waals surface area contributed by atoms with Crippen LogP contribution in [0.1, 0.15) is 50.5 Å². The van der Waals surface area contributed by atoms with E-state index in [1.54, 1.807) is 12.1 Å². The maximum Gasteiger partial charge on any atom is 0.127 e. The van der Waals surface area contributed by atoms with Gasteiger partial charge in [-0.1, -0.05) is 43.4 Å². The summed E-state index contributed by atoms with van der Waals surface area (Å²) in [6.45, 7) is 0. The van der Waals surface area contributed by atoms with Gasteiger partial charge in [0.1, 0.15) is 5.82 Å². The van der Waals surface area contributed by atoms with E-state index in [-0.39, 0.29) is 5.82 Å².